The maximum atomic E-state index is 13.7. The standard InChI is InChI=1S/C22H14F3N5O2/c1-12-16(20(31)28-15-9-5-6-13(10-15)11-26)21(32)30-19(27-12)17(14-7-3-2-4-8-14)18(29-30)22(23,24)25/h2-10,27H,1H3,(H,28,31). The molecule has 2 aromatic heterocycles. The number of hydrogen-bond donors (Lipinski definition) is 2. The van der Waals surface area contributed by atoms with Gasteiger partial charge in [0.1, 0.15) is 11.2 Å². The third kappa shape index (κ3) is 3.60. The molecule has 0 radical (unpaired) electrons. The summed E-state index contributed by atoms with van der Waals surface area (Å²) in [5, 5.41) is 15.0. The molecule has 0 atom stereocenters. The van der Waals surface area contributed by atoms with E-state index in [1.165, 1.54) is 37.3 Å². The van der Waals surface area contributed by atoms with Gasteiger partial charge in [0.05, 0.1) is 17.2 Å². The molecule has 0 aliphatic heterocycles. The number of H-pyrrole nitrogens is 1. The molecule has 10 heteroatoms. The number of nitriles is 1. The molecule has 2 aromatic carbocycles. The number of anilines is 1. The van der Waals surface area contributed by atoms with Crippen LogP contribution in [0.1, 0.15) is 27.3 Å². The van der Waals surface area contributed by atoms with Gasteiger partial charge in [-0.05, 0) is 30.7 Å². The first kappa shape index (κ1) is 20.9. The topological polar surface area (TPSA) is 103 Å². The maximum absolute atomic E-state index is 13.7. The molecule has 0 unspecified atom stereocenters. The van der Waals surface area contributed by atoms with Crippen LogP contribution in [-0.2, 0) is 6.18 Å². The molecular formula is C22H14F3N5O2. The first-order valence-corrected chi connectivity index (χ1v) is 9.30. The normalized spacial score (nSPS) is 11.3. The van der Waals surface area contributed by atoms with Crippen molar-refractivity contribution >= 4 is 17.2 Å². The zero-order chi connectivity index (χ0) is 23.0. The van der Waals surface area contributed by atoms with Crippen LogP contribution in [0, 0.1) is 18.3 Å². The number of carbonyl (C=O) groups is 1. The number of alkyl halides is 3. The number of aromatic nitrogens is 3. The van der Waals surface area contributed by atoms with Crippen molar-refractivity contribution in [3.8, 4) is 17.2 Å². The number of aromatic amines is 1. The lowest BCUT2D eigenvalue weighted by atomic mass is 10.1. The van der Waals surface area contributed by atoms with E-state index < -0.39 is 28.9 Å². The summed E-state index contributed by atoms with van der Waals surface area (Å²) < 4.78 is 41.7. The fourth-order valence-electron chi connectivity index (χ4n) is 3.39. The van der Waals surface area contributed by atoms with E-state index in [0.29, 0.717) is 10.1 Å². The number of nitrogens with zero attached hydrogens (tertiary/aromatic N) is 3. The van der Waals surface area contributed by atoms with Crippen molar-refractivity contribution in [3.05, 3.63) is 87.5 Å². The van der Waals surface area contributed by atoms with Gasteiger partial charge in [-0.25, -0.2) is 0 Å². The van der Waals surface area contributed by atoms with E-state index in [1.807, 2.05) is 6.07 Å². The average Bonchev–Trinajstić information content (AvgIpc) is 3.14. The number of rotatable bonds is 3. The minimum Gasteiger partial charge on any atom is -0.342 e. The Balaban J connectivity index is 1.89. The Morgan fingerprint density at radius 2 is 1.88 bits per heavy atom. The number of amides is 1. The molecule has 1 amide bonds. The van der Waals surface area contributed by atoms with Crippen LogP contribution >= 0.6 is 0 Å². The number of fused-ring (bicyclic) bond motifs is 1. The number of benzene rings is 2. The van der Waals surface area contributed by atoms with E-state index in [0.717, 1.165) is 0 Å². The molecule has 0 spiro atoms. The van der Waals surface area contributed by atoms with Crippen molar-refractivity contribution in [2.45, 2.75) is 13.1 Å². The third-order valence-electron chi connectivity index (χ3n) is 4.78. The minimum atomic E-state index is -4.83. The summed E-state index contributed by atoms with van der Waals surface area (Å²) in [7, 11) is 0. The Kier molecular flexibility index (Phi) is 5.02. The SMILES string of the molecule is Cc1[nH]c2c(-c3ccccc3)c(C(F)(F)F)nn2c(=O)c1C(=O)Nc1cccc(C#N)c1. The second-order valence-corrected chi connectivity index (χ2v) is 6.92. The van der Waals surface area contributed by atoms with Crippen molar-refractivity contribution in [1.82, 2.24) is 14.6 Å². The fourth-order valence-corrected chi connectivity index (χ4v) is 3.39. The Labute approximate surface area is 178 Å². The van der Waals surface area contributed by atoms with Gasteiger partial charge >= 0.3 is 6.18 Å². The number of nitrogens with one attached hydrogen (secondary N) is 2. The Morgan fingerprint density at radius 1 is 1.16 bits per heavy atom. The Morgan fingerprint density at radius 3 is 2.53 bits per heavy atom. The summed E-state index contributed by atoms with van der Waals surface area (Å²) in [5.41, 5.74) is -2.25. The molecule has 0 saturated carbocycles. The molecule has 32 heavy (non-hydrogen) atoms. The summed E-state index contributed by atoms with van der Waals surface area (Å²) in [5.74, 6) is -0.842. The smallest absolute Gasteiger partial charge is 0.342 e. The molecular weight excluding hydrogens is 423 g/mol. The highest BCUT2D eigenvalue weighted by Gasteiger charge is 2.39. The van der Waals surface area contributed by atoms with Gasteiger partial charge < -0.3 is 10.3 Å². The molecule has 7 nitrogen and oxygen atoms in total. The average molecular weight is 437 g/mol. The molecule has 4 rings (SSSR count). The Hall–Kier alpha value is -4.39. The lowest BCUT2D eigenvalue weighted by Gasteiger charge is -2.09. The van der Waals surface area contributed by atoms with Gasteiger partial charge in [0, 0.05) is 11.4 Å². The van der Waals surface area contributed by atoms with E-state index in [1.54, 1.807) is 24.3 Å². The monoisotopic (exact) mass is 437 g/mol. The van der Waals surface area contributed by atoms with Crippen molar-refractivity contribution in [3.63, 3.8) is 0 Å². The molecule has 160 valence electrons. The highest BCUT2D eigenvalue weighted by Crippen LogP contribution is 2.38. The predicted octanol–water partition coefficient (Wildman–Crippen LogP) is 4.14. The van der Waals surface area contributed by atoms with Crippen LogP contribution in [-0.4, -0.2) is 20.5 Å². The summed E-state index contributed by atoms with van der Waals surface area (Å²) in [4.78, 5) is 28.5. The first-order valence-electron chi connectivity index (χ1n) is 9.30. The summed E-state index contributed by atoms with van der Waals surface area (Å²) in [6, 6.07) is 15.7. The highest BCUT2D eigenvalue weighted by atomic mass is 19.4. The van der Waals surface area contributed by atoms with Crippen LogP contribution in [0.5, 0.6) is 0 Å². The molecule has 4 aromatic rings. The maximum Gasteiger partial charge on any atom is 0.435 e. The molecule has 2 N–H and O–H groups in total. The fraction of sp³-hybridized carbons (Fsp3) is 0.0909. The Bertz CT molecular complexity index is 1450. The van der Waals surface area contributed by atoms with Crippen molar-refractivity contribution in [2.24, 2.45) is 0 Å². The zero-order valence-corrected chi connectivity index (χ0v) is 16.5. The molecule has 0 saturated heterocycles. The van der Waals surface area contributed by atoms with Gasteiger partial charge in [0.25, 0.3) is 11.5 Å². The van der Waals surface area contributed by atoms with Crippen LogP contribution in [0.2, 0.25) is 0 Å². The molecule has 0 aliphatic carbocycles. The van der Waals surface area contributed by atoms with Gasteiger partial charge in [-0.2, -0.15) is 28.0 Å². The second kappa shape index (κ2) is 7.70. The molecule has 0 bridgehead atoms. The third-order valence-corrected chi connectivity index (χ3v) is 4.78. The van der Waals surface area contributed by atoms with Crippen LogP contribution in [0.3, 0.4) is 0 Å². The van der Waals surface area contributed by atoms with E-state index in [4.69, 9.17) is 5.26 Å². The van der Waals surface area contributed by atoms with Gasteiger partial charge in [-0.1, -0.05) is 36.4 Å². The zero-order valence-electron chi connectivity index (χ0n) is 16.5. The summed E-state index contributed by atoms with van der Waals surface area (Å²) >= 11 is 0. The van der Waals surface area contributed by atoms with Gasteiger partial charge in [-0.3, -0.25) is 9.59 Å². The van der Waals surface area contributed by atoms with Crippen LogP contribution in [0.25, 0.3) is 16.8 Å². The highest BCUT2D eigenvalue weighted by molar-refractivity contribution is 6.05. The second-order valence-electron chi connectivity index (χ2n) is 6.92. The van der Waals surface area contributed by atoms with Crippen LogP contribution in [0.4, 0.5) is 18.9 Å². The first-order chi connectivity index (χ1) is 15.2. The van der Waals surface area contributed by atoms with Crippen molar-refractivity contribution in [1.29, 1.82) is 5.26 Å². The summed E-state index contributed by atoms with van der Waals surface area (Å²) in [6.07, 6.45) is -4.83. The van der Waals surface area contributed by atoms with Crippen molar-refractivity contribution in [2.75, 3.05) is 5.32 Å². The van der Waals surface area contributed by atoms with Gasteiger partial charge in [0.15, 0.2) is 5.69 Å². The molecule has 2 heterocycles. The lowest BCUT2D eigenvalue weighted by Crippen LogP contribution is -2.29. The molecule has 0 aliphatic rings. The minimum absolute atomic E-state index is 0.0715. The largest absolute Gasteiger partial charge is 0.435 e. The number of carbonyl (C=O) groups excluding carboxylic acids is 1. The lowest BCUT2D eigenvalue weighted by molar-refractivity contribution is -0.140. The number of aryl methyl sites for hydroxylation is 1. The van der Waals surface area contributed by atoms with Crippen LogP contribution in [0.15, 0.2) is 59.4 Å². The van der Waals surface area contributed by atoms with Crippen LogP contribution < -0.4 is 10.9 Å². The number of hydrogen-bond acceptors (Lipinski definition) is 4. The number of halogens is 3. The van der Waals surface area contributed by atoms with E-state index in [2.05, 4.69) is 15.4 Å². The summed E-state index contributed by atoms with van der Waals surface area (Å²) in [6.45, 7) is 1.41. The van der Waals surface area contributed by atoms with E-state index in [-0.39, 0.29) is 28.2 Å². The molecule has 0 fully saturated rings. The van der Waals surface area contributed by atoms with Crippen molar-refractivity contribution < 1.29 is 18.0 Å². The van der Waals surface area contributed by atoms with E-state index >= 15 is 0 Å². The van der Waals surface area contributed by atoms with Gasteiger partial charge in [-0.15, -0.1) is 0 Å². The predicted molar refractivity (Wildman–Crippen MR) is 110 cm³/mol. The van der Waals surface area contributed by atoms with Gasteiger partial charge in [0.2, 0.25) is 0 Å². The van der Waals surface area contributed by atoms with E-state index in [9.17, 15) is 22.8 Å². The quantitative estimate of drug-likeness (QED) is 0.503.